The third kappa shape index (κ3) is 7.50. The van der Waals surface area contributed by atoms with E-state index >= 15 is 0 Å². The zero-order valence-electron chi connectivity index (χ0n) is 27.4. The Hall–Kier alpha value is -5.12. The van der Waals surface area contributed by atoms with Gasteiger partial charge in [0.1, 0.15) is 24.3 Å². The number of benzene rings is 3. The lowest BCUT2D eigenvalue weighted by molar-refractivity contribution is -0.0139. The van der Waals surface area contributed by atoms with E-state index in [0.717, 1.165) is 34.1 Å². The van der Waals surface area contributed by atoms with Gasteiger partial charge in [-0.2, -0.15) is 4.98 Å². The van der Waals surface area contributed by atoms with Gasteiger partial charge in [0, 0.05) is 24.0 Å². The second kappa shape index (κ2) is 15.4. The van der Waals surface area contributed by atoms with Crippen molar-refractivity contribution < 1.29 is 28.3 Å². The molecule has 13 nitrogen and oxygen atoms in total. The number of carbonyl (C=O) groups excluding carboxylic acids is 2. The summed E-state index contributed by atoms with van der Waals surface area (Å²) in [7, 11) is 0. The molecule has 3 aliphatic rings. The van der Waals surface area contributed by atoms with E-state index in [2.05, 4.69) is 20.4 Å². The Morgan fingerprint density at radius 3 is 2.49 bits per heavy atom. The van der Waals surface area contributed by atoms with E-state index in [1.54, 1.807) is 24.3 Å². The number of amides is 2. The van der Waals surface area contributed by atoms with E-state index in [4.69, 9.17) is 28.7 Å². The van der Waals surface area contributed by atoms with E-state index in [0.29, 0.717) is 80.5 Å². The molecule has 0 saturated carbocycles. The highest BCUT2D eigenvalue weighted by atomic mass is 79.9. The number of ether oxygens (including phenoxy) is 3. The number of imide groups is 1. The largest absolute Gasteiger partial charge is 0.486 e. The highest BCUT2D eigenvalue weighted by Gasteiger charge is 2.35. The number of rotatable bonds is 9. The molecule has 0 radical (unpaired) electrons. The van der Waals surface area contributed by atoms with Gasteiger partial charge < -0.3 is 29.0 Å². The van der Waals surface area contributed by atoms with Crippen LogP contribution in [0.4, 0.5) is 0 Å². The minimum atomic E-state index is -0.416. The molecular formula is C36H34BrN7O6S. The molecule has 1 fully saturated rings. The fraction of sp³-hybridized carbons (Fsp3) is 0.278. The van der Waals surface area contributed by atoms with Crippen molar-refractivity contribution in [3.05, 3.63) is 111 Å². The number of carbonyl (C=O) groups is 2. The summed E-state index contributed by atoms with van der Waals surface area (Å²) in [4.78, 5) is 43.5. The molecule has 0 aliphatic carbocycles. The Kier molecular flexibility index (Phi) is 10.4. The van der Waals surface area contributed by atoms with Crippen molar-refractivity contribution in [3.63, 3.8) is 0 Å². The van der Waals surface area contributed by atoms with Gasteiger partial charge in [-0.1, -0.05) is 41.6 Å². The summed E-state index contributed by atoms with van der Waals surface area (Å²) in [6.07, 6.45) is 0.317. The number of nitrogens with one attached hydrogen (secondary N) is 1. The maximum atomic E-state index is 12.9. The van der Waals surface area contributed by atoms with Gasteiger partial charge in [-0.3, -0.25) is 14.5 Å². The van der Waals surface area contributed by atoms with Crippen molar-refractivity contribution in [2.24, 2.45) is 4.99 Å². The van der Waals surface area contributed by atoms with Crippen LogP contribution in [0.5, 0.6) is 11.5 Å². The summed E-state index contributed by atoms with van der Waals surface area (Å²) < 4.78 is 23.1. The zero-order chi connectivity index (χ0) is 33.9. The maximum Gasteiger partial charge on any atom is 0.261 e. The normalized spacial score (nSPS) is 16.9. The van der Waals surface area contributed by atoms with Crippen LogP contribution in [0.15, 0.2) is 87.7 Å². The van der Waals surface area contributed by atoms with E-state index < -0.39 is 6.10 Å². The molecule has 1 saturated heterocycles. The number of nitrogens with zero attached hydrogens (tertiary/aromatic N) is 6. The second-order valence-corrected chi connectivity index (χ2v) is 12.8. The van der Waals surface area contributed by atoms with Crippen LogP contribution >= 0.6 is 28.3 Å². The van der Waals surface area contributed by atoms with E-state index in [1.165, 1.54) is 16.2 Å². The summed E-state index contributed by atoms with van der Waals surface area (Å²) in [6.45, 7) is 3.64. The third-order valence-electron chi connectivity index (χ3n) is 8.58. The van der Waals surface area contributed by atoms with E-state index in [-0.39, 0.29) is 35.3 Å². The minimum absolute atomic E-state index is 0. The smallest absolute Gasteiger partial charge is 0.261 e. The van der Waals surface area contributed by atoms with Gasteiger partial charge in [0.05, 0.1) is 43.1 Å². The fourth-order valence-electron chi connectivity index (χ4n) is 6.07. The topological polar surface area (TPSA) is 145 Å². The molecule has 5 aromatic rings. The highest BCUT2D eigenvalue weighted by molar-refractivity contribution is 8.93. The summed E-state index contributed by atoms with van der Waals surface area (Å²) in [6, 6.07) is 22.5. The van der Waals surface area contributed by atoms with Crippen LogP contribution in [0.3, 0.4) is 0 Å². The Morgan fingerprint density at radius 2 is 1.69 bits per heavy atom. The number of guanidine groups is 1. The lowest BCUT2D eigenvalue weighted by Crippen LogP contribution is -2.48. The first-order valence-electron chi connectivity index (χ1n) is 16.4. The number of hydrogen-bond acceptors (Lipinski definition) is 11. The molecule has 5 heterocycles. The van der Waals surface area contributed by atoms with E-state index in [1.807, 2.05) is 53.9 Å². The molecule has 51 heavy (non-hydrogen) atoms. The van der Waals surface area contributed by atoms with Gasteiger partial charge >= 0.3 is 0 Å². The number of fused-ring (bicyclic) bond motifs is 2. The molecule has 0 spiro atoms. The van der Waals surface area contributed by atoms with Crippen molar-refractivity contribution in [2.75, 3.05) is 39.5 Å². The highest BCUT2D eigenvalue weighted by Crippen LogP contribution is 2.31. The monoisotopic (exact) mass is 771 g/mol. The van der Waals surface area contributed by atoms with Crippen molar-refractivity contribution in [1.82, 2.24) is 30.2 Å². The third-order valence-corrected chi connectivity index (χ3v) is 9.46. The van der Waals surface area contributed by atoms with Crippen molar-refractivity contribution >= 4 is 46.1 Å². The van der Waals surface area contributed by atoms with E-state index in [9.17, 15) is 9.59 Å². The average Bonchev–Trinajstić information content (AvgIpc) is 3.90. The van der Waals surface area contributed by atoms with Gasteiger partial charge in [0.15, 0.2) is 17.5 Å². The molecule has 0 bridgehead atoms. The lowest BCUT2D eigenvalue weighted by atomic mass is 10.1. The average molecular weight is 773 g/mol. The van der Waals surface area contributed by atoms with Gasteiger partial charge in [0.2, 0.25) is 5.82 Å². The Morgan fingerprint density at radius 1 is 0.922 bits per heavy atom. The first-order valence-corrected chi connectivity index (χ1v) is 17.3. The molecule has 8 rings (SSSR count). The molecule has 1 unspecified atom stereocenters. The first kappa shape index (κ1) is 34.3. The molecule has 3 aliphatic heterocycles. The molecule has 1 N–H and O–H groups in total. The van der Waals surface area contributed by atoms with Gasteiger partial charge in [0.25, 0.3) is 17.7 Å². The van der Waals surface area contributed by atoms with Crippen LogP contribution in [0.2, 0.25) is 0 Å². The predicted octanol–water partition coefficient (Wildman–Crippen LogP) is 5.10. The summed E-state index contributed by atoms with van der Waals surface area (Å²) in [5, 5.41) is 10.4. The van der Waals surface area contributed by atoms with Crippen LogP contribution in [-0.2, 0) is 24.2 Å². The second-order valence-electron chi connectivity index (χ2n) is 11.9. The zero-order valence-corrected chi connectivity index (χ0v) is 29.9. The number of halogens is 1. The molecule has 2 amide bonds. The first-order chi connectivity index (χ1) is 24.6. The summed E-state index contributed by atoms with van der Waals surface area (Å²) in [5.41, 5.74) is 3.43. The number of thiazole rings is 1. The summed E-state index contributed by atoms with van der Waals surface area (Å²) >= 11 is 1.44. The molecule has 3 aromatic carbocycles. The van der Waals surface area contributed by atoms with Crippen molar-refractivity contribution in [1.29, 1.82) is 0 Å². The SMILES string of the molecule is Br.O=C1c2ccccc2C(=O)N1Cc1csc(CN=C(NCCc2ccc3c(c2)OCCO3)N2CCOC(c3noc(-c4ccccc4)n3)C2)n1. The molecular weight excluding hydrogens is 738 g/mol. The lowest BCUT2D eigenvalue weighted by Gasteiger charge is -2.34. The predicted molar refractivity (Wildman–Crippen MR) is 193 cm³/mol. The van der Waals surface area contributed by atoms with Gasteiger partial charge in [-0.05, 0) is 48.4 Å². The van der Waals surface area contributed by atoms with Crippen LogP contribution in [0.1, 0.15) is 48.9 Å². The molecule has 262 valence electrons. The van der Waals surface area contributed by atoms with Crippen LogP contribution in [-0.4, -0.2) is 82.2 Å². The fourth-order valence-corrected chi connectivity index (χ4v) is 6.78. The number of aromatic nitrogens is 3. The van der Waals surface area contributed by atoms with Crippen molar-refractivity contribution in [2.45, 2.75) is 25.6 Å². The molecule has 15 heteroatoms. The Labute approximate surface area is 308 Å². The Bertz CT molecular complexity index is 2020. The van der Waals surface area contributed by atoms with Crippen LogP contribution < -0.4 is 14.8 Å². The van der Waals surface area contributed by atoms with Gasteiger partial charge in [-0.25, -0.2) is 9.98 Å². The van der Waals surface area contributed by atoms with Crippen molar-refractivity contribution in [3.8, 4) is 23.0 Å². The quantitative estimate of drug-likeness (QED) is 0.121. The minimum Gasteiger partial charge on any atom is -0.486 e. The Balaban J connectivity index is 0.00000406. The number of morpholine rings is 1. The standard InChI is InChI=1S/C36H33N7O6S.BrH/c44-34-26-8-4-5-9-27(26)35(45)43(34)20-25-22-50-31(39-25)19-38-36(37-13-12-23-10-11-28-29(18-23)48-17-16-47-28)42-14-15-46-30(21-42)32-40-33(49-41-32)24-6-2-1-3-7-24;/h1-11,18,22,30H,12-17,19-21H2,(H,37,38);1H. The van der Waals surface area contributed by atoms with Crippen LogP contribution in [0.25, 0.3) is 11.5 Å². The van der Waals surface area contributed by atoms with Gasteiger partial charge in [-0.15, -0.1) is 28.3 Å². The number of hydrogen-bond donors (Lipinski definition) is 1. The number of aliphatic imine (C=N–C) groups is 1. The summed E-state index contributed by atoms with van der Waals surface area (Å²) in [5.74, 6) is 2.52. The molecule has 1 atom stereocenters. The molecule has 2 aromatic heterocycles. The maximum absolute atomic E-state index is 12.9. The van der Waals surface area contributed by atoms with Crippen LogP contribution in [0, 0.1) is 0 Å².